The molecule has 0 bridgehead atoms. The fourth-order valence-corrected chi connectivity index (χ4v) is 1.13. The van der Waals surface area contributed by atoms with Gasteiger partial charge in [-0.1, -0.05) is 19.4 Å². The van der Waals surface area contributed by atoms with Gasteiger partial charge in [0.2, 0.25) is 0 Å². The molecule has 11 heavy (non-hydrogen) atoms. The SMILES string of the molecule is CCCc1cccnc1NC. The van der Waals surface area contributed by atoms with Gasteiger partial charge in [0.15, 0.2) is 0 Å². The predicted molar refractivity (Wildman–Crippen MR) is 47.8 cm³/mol. The highest BCUT2D eigenvalue weighted by Gasteiger charge is 1.97. The van der Waals surface area contributed by atoms with E-state index in [9.17, 15) is 0 Å². The molecule has 1 N–H and O–H groups in total. The van der Waals surface area contributed by atoms with E-state index in [-0.39, 0.29) is 0 Å². The molecule has 0 unspecified atom stereocenters. The topological polar surface area (TPSA) is 24.9 Å². The Kier molecular flexibility index (Phi) is 2.90. The largest absolute Gasteiger partial charge is 0.373 e. The monoisotopic (exact) mass is 150 g/mol. The van der Waals surface area contributed by atoms with Crippen molar-refractivity contribution in [3.8, 4) is 0 Å². The molecule has 0 saturated heterocycles. The lowest BCUT2D eigenvalue weighted by Gasteiger charge is -2.04. The van der Waals surface area contributed by atoms with E-state index in [0.29, 0.717) is 0 Å². The highest BCUT2D eigenvalue weighted by molar-refractivity contribution is 5.42. The molecule has 0 amide bonds. The van der Waals surface area contributed by atoms with Gasteiger partial charge in [-0.3, -0.25) is 0 Å². The van der Waals surface area contributed by atoms with Crippen molar-refractivity contribution in [3.05, 3.63) is 23.9 Å². The van der Waals surface area contributed by atoms with Gasteiger partial charge in [0.25, 0.3) is 0 Å². The highest BCUT2D eigenvalue weighted by atomic mass is 15.0. The van der Waals surface area contributed by atoms with Crippen LogP contribution in [0.5, 0.6) is 0 Å². The van der Waals surface area contributed by atoms with E-state index >= 15 is 0 Å². The molecule has 0 spiro atoms. The Balaban J connectivity index is 2.83. The first-order valence-electron chi connectivity index (χ1n) is 4.00. The van der Waals surface area contributed by atoms with Crippen molar-refractivity contribution in [2.45, 2.75) is 19.8 Å². The van der Waals surface area contributed by atoms with Crippen LogP contribution < -0.4 is 5.32 Å². The van der Waals surface area contributed by atoms with Gasteiger partial charge in [-0.15, -0.1) is 0 Å². The molecule has 1 aromatic heterocycles. The van der Waals surface area contributed by atoms with Gasteiger partial charge in [-0.2, -0.15) is 0 Å². The molecule has 2 nitrogen and oxygen atoms in total. The van der Waals surface area contributed by atoms with Crippen LogP contribution in [0.1, 0.15) is 18.9 Å². The van der Waals surface area contributed by atoms with E-state index in [1.54, 1.807) is 0 Å². The second kappa shape index (κ2) is 3.96. The molecule has 0 aliphatic rings. The third-order valence-electron chi connectivity index (χ3n) is 1.65. The van der Waals surface area contributed by atoms with Crippen LogP contribution >= 0.6 is 0 Å². The van der Waals surface area contributed by atoms with Crippen LogP contribution in [0.25, 0.3) is 0 Å². The molecule has 60 valence electrons. The molecule has 0 atom stereocenters. The molecule has 1 aromatic rings. The average Bonchev–Trinajstić information content (AvgIpc) is 2.06. The molecule has 0 saturated carbocycles. The second-order valence-electron chi connectivity index (χ2n) is 2.51. The fraction of sp³-hybridized carbons (Fsp3) is 0.444. The van der Waals surface area contributed by atoms with Crippen molar-refractivity contribution in [2.75, 3.05) is 12.4 Å². The van der Waals surface area contributed by atoms with E-state index in [1.165, 1.54) is 12.0 Å². The molecular formula is C9H14N2. The Hall–Kier alpha value is -1.05. The minimum atomic E-state index is 1.01. The Morgan fingerprint density at radius 2 is 2.36 bits per heavy atom. The van der Waals surface area contributed by atoms with Crippen molar-refractivity contribution in [1.82, 2.24) is 4.98 Å². The highest BCUT2D eigenvalue weighted by Crippen LogP contribution is 2.11. The molecule has 0 aliphatic carbocycles. The van der Waals surface area contributed by atoms with E-state index < -0.39 is 0 Å². The number of anilines is 1. The number of rotatable bonds is 3. The number of aromatic nitrogens is 1. The summed E-state index contributed by atoms with van der Waals surface area (Å²) in [6, 6.07) is 4.09. The van der Waals surface area contributed by atoms with Gasteiger partial charge in [0, 0.05) is 13.2 Å². The third kappa shape index (κ3) is 1.93. The lowest BCUT2D eigenvalue weighted by atomic mass is 10.1. The minimum Gasteiger partial charge on any atom is -0.373 e. The first-order valence-corrected chi connectivity index (χ1v) is 4.00. The van der Waals surface area contributed by atoms with Crippen LogP contribution in [0.2, 0.25) is 0 Å². The number of nitrogens with zero attached hydrogens (tertiary/aromatic N) is 1. The third-order valence-corrected chi connectivity index (χ3v) is 1.65. The van der Waals surface area contributed by atoms with E-state index in [1.807, 2.05) is 19.3 Å². The quantitative estimate of drug-likeness (QED) is 0.713. The Morgan fingerprint density at radius 1 is 1.55 bits per heavy atom. The number of aryl methyl sites for hydroxylation is 1. The zero-order valence-electron chi connectivity index (χ0n) is 7.09. The van der Waals surface area contributed by atoms with Crippen molar-refractivity contribution >= 4 is 5.82 Å². The molecule has 0 fully saturated rings. The van der Waals surface area contributed by atoms with Crippen molar-refractivity contribution in [2.24, 2.45) is 0 Å². The predicted octanol–water partition coefficient (Wildman–Crippen LogP) is 2.08. The second-order valence-corrected chi connectivity index (χ2v) is 2.51. The van der Waals surface area contributed by atoms with Gasteiger partial charge in [-0.25, -0.2) is 4.98 Å². The molecule has 0 aromatic carbocycles. The van der Waals surface area contributed by atoms with Gasteiger partial charge < -0.3 is 5.32 Å². The maximum Gasteiger partial charge on any atom is 0.128 e. The number of hydrogen-bond acceptors (Lipinski definition) is 2. The summed E-state index contributed by atoms with van der Waals surface area (Å²) in [6.07, 6.45) is 4.08. The Bertz CT molecular complexity index is 221. The van der Waals surface area contributed by atoms with Crippen LogP contribution in [0.4, 0.5) is 5.82 Å². The molecule has 0 aliphatic heterocycles. The van der Waals surface area contributed by atoms with Crippen molar-refractivity contribution < 1.29 is 0 Å². The minimum absolute atomic E-state index is 1.01. The number of nitrogens with one attached hydrogen (secondary N) is 1. The van der Waals surface area contributed by atoms with E-state index in [0.717, 1.165) is 12.2 Å². The average molecular weight is 150 g/mol. The molecule has 1 rings (SSSR count). The summed E-state index contributed by atoms with van der Waals surface area (Å²) in [5.74, 6) is 1.01. The van der Waals surface area contributed by atoms with Gasteiger partial charge in [0.1, 0.15) is 5.82 Å². The first-order chi connectivity index (χ1) is 5.38. The van der Waals surface area contributed by atoms with Crippen LogP contribution in [-0.2, 0) is 6.42 Å². The maximum absolute atomic E-state index is 4.20. The summed E-state index contributed by atoms with van der Waals surface area (Å²) in [4.78, 5) is 4.20. The number of hydrogen-bond donors (Lipinski definition) is 1. The maximum atomic E-state index is 4.20. The van der Waals surface area contributed by atoms with Crippen molar-refractivity contribution in [3.63, 3.8) is 0 Å². The summed E-state index contributed by atoms with van der Waals surface area (Å²) in [5.41, 5.74) is 1.30. The lowest BCUT2D eigenvalue weighted by Crippen LogP contribution is -1.97. The molecular weight excluding hydrogens is 136 g/mol. The van der Waals surface area contributed by atoms with Gasteiger partial charge >= 0.3 is 0 Å². The van der Waals surface area contributed by atoms with Crippen molar-refractivity contribution in [1.29, 1.82) is 0 Å². The van der Waals surface area contributed by atoms with Crippen LogP contribution in [-0.4, -0.2) is 12.0 Å². The normalized spacial score (nSPS) is 9.64. The Labute approximate surface area is 67.7 Å². The summed E-state index contributed by atoms with van der Waals surface area (Å²) in [5, 5.41) is 3.07. The summed E-state index contributed by atoms with van der Waals surface area (Å²) in [6.45, 7) is 2.17. The fourth-order valence-electron chi connectivity index (χ4n) is 1.13. The molecule has 1 heterocycles. The van der Waals surface area contributed by atoms with Gasteiger partial charge in [-0.05, 0) is 18.1 Å². The Morgan fingerprint density at radius 3 is 3.00 bits per heavy atom. The van der Waals surface area contributed by atoms with E-state index in [4.69, 9.17) is 0 Å². The first kappa shape index (κ1) is 8.05. The van der Waals surface area contributed by atoms with Crippen LogP contribution in [0.15, 0.2) is 18.3 Å². The standard InChI is InChI=1S/C9H14N2/c1-3-5-8-6-4-7-11-9(8)10-2/h4,6-7H,3,5H2,1-2H3,(H,10,11). The zero-order chi connectivity index (χ0) is 8.10. The summed E-state index contributed by atoms with van der Waals surface area (Å²) >= 11 is 0. The smallest absolute Gasteiger partial charge is 0.128 e. The lowest BCUT2D eigenvalue weighted by molar-refractivity contribution is 0.915. The van der Waals surface area contributed by atoms with Gasteiger partial charge in [0.05, 0.1) is 0 Å². The van der Waals surface area contributed by atoms with Crippen LogP contribution in [0.3, 0.4) is 0 Å². The molecule has 2 heteroatoms. The summed E-state index contributed by atoms with van der Waals surface area (Å²) in [7, 11) is 1.90. The summed E-state index contributed by atoms with van der Waals surface area (Å²) < 4.78 is 0. The number of pyridine rings is 1. The zero-order valence-corrected chi connectivity index (χ0v) is 7.09. The van der Waals surface area contributed by atoms with E-state index in [2.05, 4.69) is 23.3 Å². The van der Waals surface area contributed by atoms with Crippen LogP contribution in [0, 0.1) is 0 Å². The molecule has 0 radical (unpaired) electrons.